The molecule has 1 N–H and O–H groups in total. The van der Waals surface area contributed by atoms with Crippen LogP contribution in [0.4, 0.5) is 16.2 Å². The molecule has 30 heavy (non-hydrogen) atoms. The zero-order valence-corrected chi connectivity index (χ0v) is 17.6. The standard InChI is InChI=1S/C23H26FN5O/c1-23(2,3)21(30)28-22-26-19-18(20(27-22)29-11-5-4-6-12-29)13-16(14-25-19)15-7-9-17(24)10-8-15/h7-10,13-14H,4-6,11-12H2,1-3H3,(H,25,26,27,28,30). The second kappa shape index (κ2) is 7.97. The number of nitrogens with zero attached hydrogens (tertiary/aromatic N) is 4. The lowest BCUT2D eigenvalue weighted by molar-refractivity contribution is -0.123. The van der Waals surface area contributed by atoms with Gasteiger partial charge >= 0.3 is 0 Å². The molecular weight excluding hydrogens is 381 g/mol. The van der Waals surface area contributed by atoms with Crippen molar-refractivity contribution in [2.75, 3.05) is 23.3 Å². The van der Waals surface area contributed by atoms with Gasteiger partial charge in [0.1, 0.15) is 11.6 Å². The molecule has 1 aliphatic rings. The van der Waals surface area contributed by atoms with Crippen molar-refractivity contribution in [3.8, 4) is 11.1 Å². The number of fused-ring (bicyclic) bond motifs is 1. The molecule has 3 heterocycles. The zero-order valence-electron chi connectivity index (χ0n) is 17.6. The fourth-order valence-corrected chi connectivity index (χ4v) is 3.49. The summed E-state index contributed by atoms with van der Waals surface area (Å²) in [4.78, 5) is 28.4. The van der Waals surface area contributed by atoms with Crippen LogP contribution >= 0.6 is 0 Å². The van der Waals surface area contributed by atoms with Crippen LogP contribution in [0, 0.1) is 11.2 Å². The van der Waals surface area contributed by atoms with E-state index >= 15 is 0 Å². The Labute approximate surface area is 175 Å². The normalized spacial score (nSPS) is 14.7. The zero-order chi connectivity index (χ0) is 21.3. The molecular formula is C23H26FN5O. The van der Waals surface area contributed by atoms with Crippen LogP contribution < -0.4 is 10.2 Å². The summed E-state index contributed by atoms with van der Waals surface area (Å²) in [5, 5.41) is 3.66. The summed E-state index contributed by atoms with van der Waals surface area (Å²) in [5.41, 5.74) is 1.72. The fraction of sp³-hybridized carbons (Fsp3) is 0.391. The number of amides is 1. The number of rotatable bonds is 3. The molecule has 1 saturated heterocycles. The number of anilines is 2. The van der Waals surface area contributed by atoms with Crippen LogP contribution in [-0.2, 0) is 4.79 Å². The summed E-state index contributed by atoms with van der Waals surface area (Å²) in [6, 6.07) is 8.34. The van der Waals surface area contributed by atoms with E-state index in [-0.39, 0.29) is 17.7 Å². The van der Waals surface area contributed by atoms with Crippen molar-refractivity contribution in [1.82, 2.24) is 15.0 Å². The van der Waals surface area contributed by atoms with Gasteiger partial charge in [-0.3, -0.25) is 10.1 Å². The van der Waals surface area contributed by atoms with Crippen LogP contribution in [0.2, 0.25) is 0 Å². The van der Waals surface area contributed by atoms with Gasteiger partial charge in [-0.05, 0) is 43.0 Å². The Morgan fingerprint density at radius 1 is 1.03 bits per heavy atom. The molecule has 0 saturated carbocycles. The first-order valence-corrected chi connectivity index (χ1v) is 10.3. The fourth-order valence-electron chi connectivity index (χ4n) is 3.49. The van der Waals surface area contributed by atoms with Gasteiger partial charge < -0.3 is 4.90 Å². The van der Waals surface area contributed by atoms with Crippen molar-refractivity contribution in [2.24, 2.45) is 5.41 Å². The third-order valence-electron chi connectivity index (χ3n) is 5.27. The molecule has 0 unspecified atom stereocenters. The Balaban J connectivity index is 1.80. The topological polar surface area (TPSA) is 71.0 Å². The Morgan fingerprint density at radius 3 is 2.40 bits per heavy atom. The van der Waals surface area contributed by atoms with Crippen molar-refractivity contribution >= 4 is 28.7 Å². The smallest absolute Gasteiger partial charge is 0.233 e. The van der Waals surface area contributed by atoms with Crippen molar-refractivity contribution in [3.05, 3.63) is 42.3 Å². The van der Waals surface area contributed by atoms with E-state index in [2.05, 4.69) is 20.2 Å². The second-order valence-corrected chi connectivity index (χ2v) is 8.72. The summed E-state index contributed by atoms with van der Waals surface area (Å²) in [5.74, 6) is 0.629. The predicted molar refractivity (Wildman–Crippen MR) is 117 cm³/mol. The summed E-state index contributed by atoms with van der Waals surface area (Å²) >= 11 is 0. The Hall–Kier alpha value is -3.09. The first-order chi connectivity index (χ1) is 14.3. The molecule has 3 aromatic rings. The van der Waals surface area contributed by atoms with Gasteiger partial charge in [0.25, 0.3) is 0 Å². The van der Waals surface area contributed by atoms with Crippen LogP contribution in [0.25, 0.3) is 22.2 Å². The van der Waals surface area contributed by atoms with Crippen LogP contribution in [0.15, 0.2) is 36.5 Å². The third kappa shape index (κ3) is 4.25. The van der Waals surface area contributed by atoms with Gasteiger partial charge in [-0.2, -0.15) is 9.97 Å². The summed E-state index contributed by atoms with van der Waals surface area (Å²) in [6.45, 7) is 7.35. The van der Waals surface area contributed by atoms with Crippen molar-refractivity contribution in [3.63, 3.8) is 0 Å². The van der Waals surface area contributed by atoms with E-state index in [9.17, 15) is 9.18 Å². The average molecular weight is 407 g/mol. The maximum absolute atomic E-state index is 13.3. The van der Waals surface area contributed by atoms with Crippen molar-refractivity contribution in [2.45, 2.75) is 40.0 Å². The monoisotopic (exact) mass is 407 g/mol. The SMILES string of the molecule is CC(C)(C)C(=O)Nc1nc(N2CCCCC2)c2cc(-c3ccc(F)cc3)cnc2n1. The second-order valence-electron chi connectivity index (χ2n) is 8.72. The predicted octanol–water partition coefficient (Wildman–Crippen LogP) is 4.81. The molecule has 1 aromatic carbocycles. The molecule has 0 bridgehead atoms. The lowest BCUT2D eigenvalue weighted by Crippen LogP contribution is -2.32. The number of nitrogens with one attached hydrogen (secondary N) is 1. The molecule has 0 radical (unpaired) electrons. The first-order valence-electron chi connectivity index (χ1n) is 10.3. The van der Waals surface area contributed by atoms with E-state index in [1.807, 2.05) is 26.8 Å². The van der Waals surface area contributed by atoms with E-state index < -0.39 is 5.41 Å². The van der Waals surface area contributed by atoms with Crippen LogP contribution in [-0.4, -0.2) is 33.9 Å². The lowest BCUT2D eigenvalue weighted by Gasteiger charge is -2.29. The van der Waals surface area contributed by atoms with Crippen LogP contribution in [0.3, 0.4) is 0 Å². The minimum atomic E-state index is -0.552. The molecule has 6 nitrogen and oxygen atoms in total. The van der Waals surface area contributed by atoms with E-state index in [0.717, 1.165) is 48.3 Å². The minimum Gasteiger partial charge on any atom is -0.356 e. The third-order valence-corrected chi connectivity index (χ3v) is 5.27. The molecule has 1 amide bonds. The average Bonchev–Trinajstić information content (AvgIpc) is 2.73. The number of aromatic nitrogens is 3. The van der Waals surface area contributed by atoms with Gasteiger partial charge in [0.2, 0.25) is 11.9 Å². The summed E-state index contributed by atoms with van der Waals surface area (Å²) in [6.07, 6.45) is 5.12. The van der Waals surface area contributed by atoms with Crippen molar-refractivity contribution < 1.29 is 9.18 Å². The summed E-state index contributed by atoms with van der Waals surface area (Å²) in [7, 11) is 0. The first kappa shape index (κ1) is 20.2. The van der Waals surface area contributed by atoms with Gasteiger partial charge in [0.15, 0.2) is 5.65 Å². The number of hydrogen-bond acceptors (Lipinski definition) is 5. The van der Waals surface area contributed by atoms with Gasteiger partial charge in [-0.25, -0.2) is 9.37 Å². The number of carbonyl (C=O) groups is 1. The minimum absolute atomic E-state index is 0.144. The van der Waals surface area contributed by atoms with Gasteiger partial charge in [0, 0.05) is 30.3 Å². The van der Waals surface area contributed by atoms with Gasteiger partial charge in [-0.15, -0.1) is 0 Å². The number of carbonyl (C=O) groups excluding carboxylic acids is 1. The van der Waals surface area contributed by atoms with Crippen LogP contribution in [0.1, 0.15) is 40.0 Å². The number of benzene rings is 1. The highest BCUT2D eigenvalue weighted by Crippen LogP contribution is 2.31. The Morgan fingerprint density at radius 2 is 1.73 bits per heavy atom. The largest absolute Gasteiger partial charge is 0.356 e. The molecule has 1 fully saturated rings. The number of hydrogen-bond donors (Lipinski definition) is 1. The van der Waals surface area contributed by atoms with E-state index in [4.69, 9.17) is 4.98 Å². The van der Waals surface area contributed by atoms with Gasteiger partial charge in [-0.1, -0.05) is 32.9 Å². The number of piperidine rings is 1. The molecule has 2 aromatic heterocycles. The maximum Gasteiger partial charge on any atom is 0.233 e. The van der Waals surface area contributed by atoms with Crippen LogP contribution in [0.5, 0.6) is 0 Å². The van der Waals surface area contributed by atoms with Crippen molar-refractivity contribution in [1.29, 1.82) is 0 Å². The lowest BCUT2D eigenvalue weighted by atomic mass is 9.96. The molecule has 0 atom stereocenters. The highest BCUT2D eigenvalue weighted by Gasteiger charge is 2.24. The molecule has 1 aliphatic heterocycles. The highest BCUT2D eigenvalue weighted by molar-refractivity contribution is 5.96. The Bertz CT molecular complexity index is 1070. The molecule has 7 heteroatoms. The number of pyridine rings is 1. The van der Waals surface area contributed by atoms with E-state index in [1.165, 1.54) is 18.6 Å². The molecule has 0 aliphatic carbocycles. The van der Waals surface area contributed by atoms with Gasteiger partial charge in [0.05, 0.1) is 5.39 Å². The molecule has 0 spiro atoms. The molecule has 4 rings (SSSR count). The van der Waals surface area contributed by atoms with E-state index in [1.54, 1.807) is 18.3 Å². The quantitative estimate of drug-likeness (QED) is 0.675. The molecule has 156 valence electrons. The maximum atomic E-state index is 13.3. The number of halogens is 1. The highest BCUT2D eigenvalue weighted by atomic mass is 19.1. The Kier molecular flexibility index (Phi) is 5.37. The summed E-state index contributed by atoms with van der Waals surface area (Å²) < 4.78 is 13.3. The van der Waals surface area contributed by atoms with E-state index in [0.29, 0.717) is 5.65 Å².